The molecule has 2 heterocycles. The summed E-state index contributed by atoms with van der Waals surface area (Å²) in [4.78, 5) is 7.69. The maximum atomic E-state index is 6.55. The first-order chi connectivity index (χ1) is 22.6. The summed E-state index contributed by atoms with van der Waals surface area (Å²) in [5.41, 5.74) is 6.84. The van der Waals surface area contributed by atoms with Gasteiger partial charge in [0, 0.05) is 29.6 Å². The van der Waals surface area contributed by atoms with Crippen LogP contribution in [0, 0.1) is 5.41 Å². The maximum Gasteiger partial charge on any atom is 0.217 e. The molecular weight excluding hydrogens is 566 g/mol. The molecule has 0 atom stereocenters. The summed E-state index contributed by atoms with van der Waals surface area (Å²) in [6, 6.07) is 42.3. The molecule has 1 saturated heterocycles. The third-order valence-corrected chi connectivity index (χ3v) is 9.02. The van der Waals surface area contributed by atoms with E-state index in [0.29, 0.717) is 19.8 Å². The summed E-state index contributed by atoms with van der Waals surface area (Å²) < 4.78 is 15.4. The van der Waals surface area contributed by atoms with Crippen molar-refractivity contribution in [3.05, 3.63) is 138 Å². The van der Waals surface area contributed by atoms with Gasteiger partial charge in [0.1, 0.15) is 0 Å². The standard InChI is InChI=1S/C41H47N3O2/c1-41(27-17-3-4-18-28-43(2)29-33-19-9-5-10-20-33)31-45-40(46-32-41)39-42-37(35-23-13-7-14-24-35)38(36-25-15-8-16-26-36)44(39)30-34-21-11-6-12-22-34/h5-16,19-26,40H,3-4,17-18,27-32H2,1-2H3. The van der Waals surface area contributed by atoms with Gasteiger partial charge in [-0.25, -0.2) is 4.98 Å². The third kappa shape index (κ3) is 8.21. The number of ether oxygens (including phenoxy) is 2. The molecule has 5 heteroatoms. The molecule has 0 bridgehead atoms. The highest BCUT2D eigenvalue weighted by Gasteiger charge is 2.36. The van der Waals surface area contributed by atoms with Gasteiger partial charge in [-0.15, -0.1) is 0 Å². The van der Waals surface area contributed by atoms with E-state index < -0.39 is 6.29 Å². The van der Waals surface area contributed by atoms with Crippen molar-refractivity contribution in [2.75, 3.05) is 26.8 Å². The lowest BCUT2D eigenvalue weighted by molar-refractivity contribution is -0.236. The van der Waals surface area contributed by atoms with Gasteiger partial charge < -0.3 is 18.9 Å². The minimum atomic E-state index is -0.517. The molecule has 0 saturated carbocycles. The quantitative estimate of drug-likeness (QED) is 0.117. The monoisotopic (exact) mass is 613 g/mol. The zero-order valence-corrected chi connectivity index (χ0v) is 27.4. The summed E-state index contributed by atoms with van der Waals surface area (Å²) in [6.07, 6.45) is 5.49. The molecule has 5 aromatic rings. The second kappa shape index (κ2) is 15.5. The van der Waals surface area contributed by atoms with Crippen molar-refractivity contribution >= 4 is 0 Å². The second-order valence-corrected chi connectivity index (χ2v) is 13.1. The van der Waals surface area contributed by atoms with Gasteiger partial charge in [-0.1, -0.05) is 148 Å². The number of aromatic nitrogens is 2. The Kier molecular flexibility index (Phi) is 10.8. The van der Waals surface area contributed by atoms with Gasteiger partial charge in [-0.2, -0.15) is 0 Å². The molecule has 238 valence electrons. The molecular formula is C41H47N3O2. The van der Waals surface area contributed by atoms with Gasteiger partial charge in [0.05, 0.1) is 24.6 Å². The number of rotatable bonds is 14. The van der Waals surface area contributed by atoms with Crippen molar-refractivity contribution in [3.8, 4) is 22.5 Å². The molecule has 4 aromatic carbocycles. The van der Waals surface area contributed by atoms with Gasteiger partial charge in [0.15, 0.2) is 5.82 Å². The van der Waals surface area contributed by atoms with E-state index in [1.165, 1.54) is 36.8 Å². The van der Waals surface area contributed by atoms with Crippen LogP contribution in [-0.4, -0.2) is 41.3 Å². The minimum Gasteiger partial charge on any atom is -0.345 e. The number of hydrogen-bond acceptors (Lipinski definition) is 4. The number of unbranched alkanes of at least 4 members (excludes halogenated alkanes) is 3. The summed E-state index contributed by atoms with van der Waals surface area (Å²) in [5, 5.41) is 0. The normalized spacial score (nSPS) is 18.2. The van der Waals surface area contributed by atoms with E-state index in [2.05, 4.69) is 139 Å². The Morgan fingerprint density at radius 1 is 0.696 bits per heavy atom. The zero-order chi connectivity index (χ0) is 31.6. The minimum absolute atomic E-state index is 0.00196. The van der Waals surface area contributed by atoms with Crippen molar-refractivity contribution in [1.82, 2.24) is 14.5 Å². The van der Waals surface area contributed by atoms with Gasteiger partial charge in [-0.05, 0) is 37.6 Å². The zero-order valence-electron chi connectivity index (χ0n) is 27.4. The van der Waals surface area contributed by atoms with E-state index in [-0.39, 0.29) is 5.41 Å². The number of nitrogens with zero attached hydrogens (tertiary/aromatic N) is 3. The Bertz CT molecular complexity index is 1610. The molecule has 1 aromatic heterocycles. The molecule has 1 aliphatic rings. The Balaban J connectivity index is 1.11. The fourth-order valence-electron chi connectivity index (χ4n) is 6.46. The van der Waals surface area contributed by atoms with Crippen LogP contribution < -0.4 is 0 Å². The van der Waals surface area contributed by atoms with Crippen LogP contribution in [-0.2, 0) is 22.6 Å². The van der Waals surface area contributed by atoms with E-state index in [1.807, 2.05) is 6.07 Å². The van der Waals surface area contributed by atoms with Crippen LogP contribution in [0.15, 0.2) is 121 Å². The van der Waals surface area contributed by atoms with E-state index in [1.54, 1.807) is 0 Å². The maximum absolute atomic E-state index is 6.55. The van der Waals surface area contributed by atoms with Crippen LogP contribution in [0.25, 0.3) is 22.5 Å². The van der Waals surface area contributed by atoms with Gasteiger partial charge >= 0.3 is 0 Å². The average Bonchev–Trinajstić information content (AvgIpc) is 3.47. The lowest BCUT2D eigenvalue weighted by Crippen LogP contribution is -2.37. The van der Waals surface area contributed by atoms with Crippen molar-refractivity contribution < 1.29 is 9.47 Å². The molecule has 0 aliphatic carbocycles. The van der Waals surface area contributed by atoms with Crippen molar-refractivity contribution in [2.24, 2.45) is 5.41 Å². The van der Waals surface area contributed by atoms with Crippen LogP contribution in [0.5, 0.6) is 0 Å². The molecule has 0 N–H and O–H groups in total. The van der Waals surface area contributed by atoms with Crippen LogP contribution in [0.2, 0.25) is 0 Å². The van der Waals surface area contributed by atoms with Crippen LogP contribution in [0.4, 0.5) is 0 Å². The summed E-state index contributed by atoms with van der Waals surface area (Å²) in [6.45, 7) is 6.46. The van der Waals surface area contributed by atoms with E-state index in [0.717, 1.165) is 47.8 Å². The highest BCUT2D eigenvalue weighted by Crippen LogP contribution is 2.40. The van der Waals surface area contributed by atoms with Crippen LogP contribution >= 0.6 is 0 Å². The van der Waals surface area contributed by atoms with Crippen molar-refractivity contribution in [2.45, 2.75) is 58.4 Å². The first-order valence-corrected chi connectivity index (χ1v) is 16.8. The largest absolute Gasteiger partial charge is 0.345 e. The lowest BCUT2D eigenvalue weighted by Gasteiger charge is -2.37. The van der Waals surface area contributed by atoms with Crippen LogP contribution in [0.1, 0.15) is 62.3 Å². The molecule has 5 nitrogen and oxygen atoms in total. The fraction of sp³-hybridized carbons (Fsp3) is 0.341. The number of imidazole rings is 1. The first-order valence-electron chi connectivity index (χ1n) is 16.8. The van der Waals surface area contributed by atoms with E-state index >= 15 is 0 Å². The Morgan fingerprint density at radius 3 is 1.87 bits per heavy atom. The second-order valence-electron chi connectivity index (χ2n) is 13.1. The Hall–Kier alpha value is -4.03. The lowest BCUT2D eigenvalue weighted by atomic mass is 9.85. The SMILES string of the molecule is CN(CCCCCCC1(C)COC(c2nc(-c3ccccc3)c(-c3ccccc3)n2Cc2ccccc2)OC1)Cc1ccccc1. The molecule has 46 heavy (non-hydrogen) atoms. The Labute approximate surface area is 274 Å². The Morgan fingerprint density at radius 2 is 1.24 bits per heavy atom. The third-order valence-electron chi connectivity index (χ3n) is 9.02. The molecule has 1 aliphatic heterocycles. The van der Waals surface area contributed by atoms with Gasteiger partial charge in [-0.3, -0.25) is 0 Å². The van der Waals surface area contributed by atoms with E-state index in [4.69, 9.17) is 14.5 Å². The van der Waals surface area contributed by atoms with Crippen molar-refractivity contribution in [1.29, 1.82) is 0 Å². The molecule has 6 rings (SSSR count). The molecule has 0 spiro atoms. The predicted molar refractivity (Wildman–Crippen MR) is 187 cm³/mol. The van der Waals surface area contributed by atoms with Crippen LogP contribution in [0.3, 0.4) is 0 Å². The number of hydrogen-bond donors (Lipinski definition) is 0. The highest BCUT2D eigenvalue weighted by atomic mass is 16.7. The predicted octanol–water partition coefficient (Wildman–Crippen LogP) is 9.40. The molecule has 0 amide bonds. The molecule has 0 radical (unpaired) electrons. The summed E-state index contributed by atoms with van der Waals surface area (Å²) in [5.74, 6) is 0.822. The van der Waals surface area contributed by atoms with Gasteiger partial charge in [0.25, 0.3) is 0 Å². The topological polar surface area (TPSA) is 39.5 Å². The van der Waals surface area contributed by atoms with E-state index in [9.17, 15) is 0 Å². The fourth-order valence-corrected chi connectivity index (χ4v) is 6.46. The summed E-state index contributed by atoms with van der Waals surface area (Å²) in [7, 11) is 2.22. The summed E-state index contributed by atoms with van der Waals surface area (Å²) >= 11 is 0. The van der Waals surface area contributed by atoms with Gasteiger partial charge in [0.2, 0.25) is 6.29 Å². The van der Waals surface area contributed by atoms with Crippen molar-refractivity contribution in [3.63, 3.8) is 0 Å². The average molecular weight is 614 g/mol. The molecule has 0 unspecified atom stereocenters. The number of benzene rings is 4. The molecule has 1 fully saturated rings. The smallest absolute Gasteiger partial charge is 0.217 e. The first kappa shape index (κ1) is 31.9. The highest BCUT2D eigenvalue weighted by molar-refractivity contribution is 5.79.